The first-order chi connectivity index (χ1) is 9.55. The Morgan fingerprint density at radius 3 is 2.75 bits per heavy atom. The van der Waals surface area contributed by atoms with Gasteiger partial charge in [0, 0.05) is 24.1 Å². The van der Waals surface area contributed by atoms with Crippen LogP contribution in [0.3, 0.4) is 0 Å². The third kappa shape index (κ3) is 3.75. The molecule has 3 nitrogen and oxygen atoms in total. The van der Waals surface area contributed by atoms with Gasteiger partial charge in [-0.2, -0.15) is 0 Å². The van der Waals surface area contributed by atoms with E-state index in [1.54, 1.807) is 0 Å². The molecule has 0 aromatic heterocycles. The lowest BCUT2D eigenvalue weighted by Gasteiger charge is -2.52. The fraction of sp³-hybridized carbons (Fsp3) is 1.00. The van der Waals surface area contributed by atoms with E-state index in [0.29, 0.717) is 17.6 Å². The van der Waals surface area contributed by atoms with E-state index in [0.717, 1.165) is 19.2 Å². The normalized spacial score (nSPS) is 33.9. The van der Waals surface area contributed by atoms with Crippen LogP contribution in [0.5, 0.6) is 0 Å². The third-order valence-corrected chi connectivity index (χ3v) is 5.50. The van der Waals surface area contributed by atoms with Crippen molar-refractivity contribution in [3.63, 3.8) is 0 Å². The van der Waals surface area contributed by atoms with Crippen molar-refractivity contribution in [1.29, 1.82) is 0 Å². The summed E-state index contributed by atoms with van der Waals surface area (Å²) in [5.74, 6) is 0. The van der Waals surface area contributed by atoms with Gasteiger partial charge < -0.3 is 15.0 Å². The molecule has 1 aliphatic heterocycles. The molecular weight excluding hydrogens is 248 g/mol. The quantitative estimate of drug-likeness (QED) is 0.726. The maximum absolute atomic E-state index is 5.79. The zero-order chi connectivity index (χ0) is 14.6. The van der Waals surface area contributed by atoms with Crippen LogP contribution in [0.25, 0.3) is 0 Å². The van der Waals surface area contributed by atoms with Crippen LogP contribution < -0.4 is 5.32 Å². The van der Waals surface area contributed by atoms with Gasteiger partial charge in [-0.05, 0) is 59.2 Å². The minimum atomic E-state index is 0.300. The molecule has 3 unspecified atom stereocenters. The van der Waals surface area contributed by atoms with Crippen LogP contribution in [0.1, 0.15) is 59.8 Å². The van der Waals surface area contributed by atoms with Gasteiger partial charge in [0.1, 0.15) is 0 Å². The molecule has 0 spiro atoms. The topological polar surface area (TPSA) is 24.5 Å². The summed E-state index contributed by atoms with van der Waals surface area (Å²) in [7, 11) is 0. The summed E-state index contributed by atoms with van der Waals surface area (Å²) in [6.07, 6.45) is 7.11. The van der Waals surface area contributed by atoms with Gasteiger partial charge >= 0.3 is 0 Å². The lowest BCUT2D eigenvalue weighted by Crippen LogP contribution is -2.61. The second-order valence-corrected chi connectivity index (χ2v) is 7.24. The number of likely N-dealkylation sites (tertiary alicyclic amines) is 1. The predicted octanol–water partition coefficient (Wildman–Crippen LogP) is 3.04. The molecule has 1 aliphatic carbocycles. The van der Waals surface area contributed by atoms with E-state index in [1.165, 1.54) is 45.2 Å². The zero-order valence-electron chi connectivity index (χ0n) is 14.0. The minimum absolute atomic E-state index is 0.300. The summed E-state index contributed by atoms with van der Waals surface area (Å²) < 4.78 is 5.79. The highest BCUT2D eigenvalue weighted by atomic mass is 16.5. The van der Waals surface area contributed by atoms with E-state index in [4.69, 9.17) is 4.74 Å². The molecule has 2 aliphatic rings. The van der Waals surface area contributed by atoms with E-state index in [2.05, 4.69) is 37.9 Å². The van der Waals surface area contributed by atoms with Gasteiger partial charge in [0.15, 0.2) is 0 Å². The van der Waals surface area contributed by atoms with Gasteiger partial charge in [-0.3, -0.25) is 0 Å². The summed E-state index contributed by atoms with van der Waals surface area (Å²) in [4.78, 5) is 2.67. The Morgan fingerprint density at radius 2 is 2.10 bits per heavy atom. The average molecular weight is 282 g/mol. The maximum Gasteiger partial charge on any atom is 0.0655 e. The molecular formula is C17H34N2O. The summed E-state index contributed by atoms with van der Waals surface area (Å²) in [5, 5.41) is 3.75. The van der Waals surface area contributed by atoms with E-state index in [1.807, 2.05) is 0 Å². The largest absolute Gasteiger partial charge is 0.378 e. The zero-order valence-corrected chi connectivity index (χ0v) is 14.0. The number of rotatable bonds is 7. The smallest absolute Gasteiger partial charge is 0.0655 e. The first-order valence-corrected chi connectivity index (χ1v) is 8.64. The molecule has 0 radical (unpaired) electrons. The molecule has 0 bridgehead atoms. The van der Waals surface area contributed by atoms with Crippen molar-refractivity contribution in [2.45, 2.75) is 78.0 Å². The van der Waals surface area contributed by atoms with Gasteiger partial charge in [-0.25, -0.2) is 0 Å². The van der Waals surface area contributed by atoms with E-state index in [-0.39, 0.29) is 0 Å². The molecule has 1 N–H and O–H groups in total. The molecule has 0 aromatic rings. The molecule has 1 heterocycles. The molecule has 3 heteroatoms. The van der Waals surface area contributed by atoms with Crippen molar-refractivity contribution in [2.24, 2.45) is 5.41 Å². The Labute approximate surface area is 125 Å². The number of hydrogen-bond donors (Lipinski definition) is 1. The SMILES string of the molecule is CCOC1CC(NCCCN2CCCCC2C)C1(C)C. The van der Waals surface area contributed by atoms with Crippen LogP contribution in [0, 0.1) is 5.41 Å². The van der Waals surface area contributed by atoms with Gasteiger partial charge in [-0.15, -0.1) is 0 Å². The van der Waals surface area contributed by atoms with Crippen molar-refractivity contribution < 1.29 is 4.74 Å². The van der Waals surface area contributed by atoms with Crippen molar-refractivity contribution >= 4 is 0 Å². The van der Waals surface area contributed by atoms with Gasteiger partial charge in [0.05, 0.1) is 6.10 Å². The summed E-state index contributed by atoms with van der Waals surface area (Å²) in [5.41, 5.74) is 0.300. The van der Waals surface area contributed by atoms with Crippen molar-refractivity contribution in [1.82, 2.24) is 10.2 Å². The fourth-order valence-corrected chi connectivity index (χ4v) is 3.76. The Balaban J connectivity index is 1.60. The second-order valence-electron chi connectivity index (χ2n) is 7.24. The summed E-state index contributed by atoms with van der Waals surface area (Å²) in [6, 6.07) is 1.43. The van der Waals surface area contributed by atoms with Crippen LogP contribution in [-0.2, 0) is 4.74 Å². The molecule has 3 atom stereocenters. The number of nitrogens with one attached hydrogen (secondary N) is 1. The maximum atomic E-state index is 5.79. The lowest BCUT2D eigenvalue weighted by molar-refractivity contribution is -0.114. The monoisotopic (exact) mass is 282 g/mol. The Bertz CT molecular complexity index is 293. The highest BCUT2D eigenvalue weighted by molar-refractivity contribution is 5.02. The molecule has 1 saturated heterocycles. The number of hydrogen-bond acceptors (Lipinski definition) is 3. The fourth-order valence-electron chi connectivity index (χ4n) is 3.76. The van der Waals surface area contributed by atoms with Crippen molar-refractivity contribution in [3.05, 3.63) is 0 Å². The first-order valence-electron chi connectivity index (χ1n) is 8.64. The molecule has 2 fully saturated rings. The van der Waals surface area contributed by atoms with Crippen LogP contribution >= 0.6 is 0 Å². The van der Waals surface area contributed by atoms with Crippen LogP contribution in [0.15, 0.2) is 0 Å². The second kappa shape index (κ2) is 7.24. The lowest BCUT2D eigenvalue weighted by atomic mass is 9.64. The number of ether oxygens (including phenoxy) is 1. The molecule has 2 rings (SSSR count). The highest BCUT2D eigenvalue weighted by Crippen LogP contribution is 2.42. The highest BCUT2D eigenvalue weighted by Gasteiger charge is 2.48. The molecule has 0 aromatic carbocycles. The standard InChI is InChI=1S/C17H34N2O/c1-5-20-16-13-15(17(16,3)4)18-10-8-12-19-11-7-6-9-14(19)2/h14-16,18H,5-13H2,1-4H3. The molecule has 1 saturated carbocycles. The summed E-state index contributed by atoms with van der Waals surface area (Å²) in [6.45, 7) is 13.7. The number of nitrogens with zero attached hydrogens (tertiary/aromatic N) is 1. The number of piperidine rings is 1. The van der Waals surface area contributed by atoms with E-state index < -0.39 is 0 Å². The van der Waals surface area contributed by atoms with Gasteiger partial charge in [0.2, 0.25) is 0 Å². The predicted molar refractivity (Wildman–Crippen MR) is 85.1 cm³/mol. The van der Waals surface area contributed by atoms with E-state index in [9.17, 15) is 0 Å². The molecule has 118 valence electrons. The minimum Gasteiger partial charge on any atom is -0.378 e. The average Bonchev–Trinajstić information content (AvgIpc) is 2.43. The van der Waals surface area contributed by atoms with Crippen LogP contribution in [-0.4, -0.2) is 49.3 Å². The molecule has 0 amide bonds. The summed E-state index contributed by atoms with van der Waals surface area (Å²) >= 11 is 0. The van der Waals surface area contributed by atoms with Crippen molar-refractivity contribution in [3.8, 4) is 0 Å². The van der Waals surface area contributed by atoms with Crippen LogP contribution in [0.2, 0.25) is 0 Å². The Hall–Kier alpha value is -0.120. The molecule has 20 heavy (non-hydrogen) atoms. The first kappa shape index (κ1) is 16.3. The van der Waals surface area contributed by atoms with Gasteiger partial charge in [0.25, 0.3) is 0 Å². The van der Waals surface area contributed by atoms with Crippen LogP contribution in [0.4, 0.5) is 0 Å². The van der Waals surface area contributed by atoms with Crippen molar-refractivity contribution in [2.75, 3.05) is 26.2 Å². The third-order valence-electron chi connectivity index (χ3n) is 5.50. The Morgan fingerprint density at radius 1 is 1.30 bits per heavy atom. The van der Waals surface area contributed by atoms with Gasteiger partial charge in [-0.1, -0.05) is 20.3 Å². The Kier molecular flexibility index (Phi) is 5.88. The van der Waals surface area contributed by atoms with E-state index >= 15 is 0 Å².